The Hall–Kier alpha value is -2.96. The quantitative estimate of drug-likeness (QED) is 0.436. The molecule has 5 nitrogen and oxygen atoms in total. The summed E-state index contributed by atoms with van der Waals surface area (Å²) in [5, 5.41) is 6.56. The molecule has 0 bridgehead atoms. The summed E-state index contributed by atoms with van der Waals surface area (Å²) < 4.78 is 22.6. The van der Waals surface area contributed by atoms with Gasteiger partial charge in [0, 0.05) is 47.9 Å². The Kier molecular flexibility index (Phi) is 5.12. The van der Waals surface area contributed by atoms with Crippen LogP contribution in [0.2, 0.25) is 5.02 Å². The second-order valence-corrected chi connectivity index (χ2v) is 8.37. The predicted molar refractivity (Wildman–Crippen MR) is 121 cm³/mol. The molecule has 1 aliphatic heterocycles. The van der Waals surface area contributed by atoms with Crippen LogP contribution >= 0.6 is 11.6 Å². The van der Waals surface area contributed by atoms with Crippen LogP contribution in [0, 0.1) is 12.7 Å². The van der Waals surface area contributed by atoms with Gasteiger partial charge in [-0.05, 0) is 42.6 Å². The normalized spacial score (nSPS) is 16.8. The first-order chi connectivity index (χ1) is 15.0. The molecule has 1 saturated heterocycles. The predicted octanol–water partition coefficient (Wildman–Crippen LogP) is 5.31. The van der Waals surface area contributed by atoms with Gasteiger partial charge in [0.2, 0.25) is 0 Å². The first kappa shape index (κ1) is 20.0. The van der Waals surface area contributed by atoms with E-state index in [2.05, 4.69) is 28.2 Å². The molecule has 0 radical (unpaired) electrons. The van der Waals surface area contributed by atoms with Crippen molar-refractivity contribution in [2.45, 2.75) is 13.0 Å². The zero-order valence-electron chi connectivity index (χ0n) is 17.3. The summed E-state index contributed by atoms with van der Waals surface area (Å²) in [5.74, 6) is 0.424. The average molecular weight is 437 g/mol. The fourth-order valence-electron chi connectivity index (χ4n) is 4.06. The monoisotopic (exact) mass is 436 g/mol. The van der Waals surface area contributed by atoms with Crippen molar-refractivity contribution < 1.29 is 9.13 Å². The van der Waals surface area contributed by atoms with Crippen molar-refractivity contribution >= 4 is 28.2 Å². The number of fused-ring (bicyclic) bond motifs is 1. The maximum atomic E-state index is 14.9. The van der Waals surface area contributed by atoms with E-state index in [1.165, 1.54) is 6.07 Å². The van der Waals surface area contributed by atoms with Gasteiger partial charge in [-0.3, -0.25) is 4.68 Å². The molecule has 2 aromatic heterocycles. The Morgan fingerprint density at radius 3 is 2.81 bits per heavy atom. The minimum atomic E-state index is -0.379. The number of pyridine rings is 1. The maximum Gasteiger partial charge on any atom is 0.134 e. The molecule has 0 amide bonds. The van der Waals surface area contributed by atoms with Gasteiger partial charge in [-0.2, -0.15) is 5.10 Å². The van der Waals surface area contributed by atoms with Gasteiger partial charge in [0.05, 0.1) is 18.5 Å². The average Bonchev–Trinajstić information content (AvgIpc) is 3.20. The highest BCUT2D eigenvalue weighted by Gasteiger charge is 2.25. The lowest BCUT2D eigenvalue weighted by atomic mass is 10.0. The molecular weight excluding hydrogens is 415 g/mol. The molecule has 158 valence electrons. The SMILES string of the molecule is Cc1ccc2cc(N3CCO[C@@H](c4cnn(C)c4)C3)nc(-c3ccc(Cl)cc3F)c2c1. The number of rotatable bonds is 3. The number of aromatic nitrogens is 3. The van der Waals surface area contributed by atoms with E-state index in [4.69, 9.17) is 21.3 Å². The molecule has 3 heterocycles. The molecule has 0 saturated carbocycles. The van der Waals surface area contributed by atoms with Crippen LogP contribution in [-0.2, 0) is 11.8 Å². The van der Waals surface area contributed by atoms with Gasteiger partial charge in [-0.15, -0.1) is 0 Å². The molecule has 31 heavy (non-hydrogen) atoms. The number of aryl methyl sites for hydroxylation is 2. The highest BCUT2D eigenvalue weighted by Crippen LogP contribution is 2.34. The molecule has 0 aliphatic carbocycles. The van der Waals surface area contributed by atoms with Crippen molar-refractivity contribution in [3.8, 4) is 11.3 Å². The Bertz CT molecular complexity index is 1270. The molecule has 4 aromatic rings. The zero-order valence-corrected chi connectivity index (χ0v) is 18.1. The van der Waals surface area contributed by atoms with Crippen LogP contribution in [0.3, 0.4) is 0 Å². The minimum Gasteiger partial charge on any atom is -0.370 e. The summed E-state index contributed by atoms with van der Waals surface area (Å²) >= 11 is 5.99. The number of ether oxygens (including phenoxy) is 1. The van der Waals surface area contributed by atoms with Gasteiger partial charge in [0.25, 0.3) is 0 Å². The van der Waals surface area contributed by atoms with E-state index in [1.54, 1.807) is 16.8 Å². The molecule has 0 spiro atoms. The van der Waals surface area contributed by atoms with E-state index in [9.17, 15) is 4.39 Å². The van der Waals surface area contributed by atoms with E-state index < -0.39 is 0 Å². The van der Waals surface area contributed by atoms with E-state index in [-0.39, 0.29) is 11.9 Å². The van der Waals surface area contributed by atoms with Crippen molar-refractivity contribution in [2.24, 2.45) is 7.05 Å². The van der Waals surface area contributed by atoms with E-state index in [0.29, 0.717) is 36.0 Å². The fraction of sp³-hybridized carbons (Fsp3) is 0.250. The third kappa shape index (κ3) is 3.89. The molecule has 1 aliphatic rings. The summed E-state index contributed by atoms with van der Waals surface area (Å²) in [6.45, 7) is 3.97. The largest absolute Gasteiger partial charge is 0.370 e. The maximum absolute atomic E-state index is 14.9. The Morgan fingerprint density at radius 1 is 1.16 bits per heavy atom. The van der Waals surface area contributed by atoms with Crippen LogP contribution in [-0.4, -0.2) is 34.5 Å². The van der Waals surface area contributed by atoms with Crippen LogP contribution in [0.4, 0.5) is 10.2 Å². The number of hydrogen-bond acceptors (Lipinski definition) is 4. The van der Waals surface area contributed by atoms with Crippen LogP contribution in [0.25, 0.3) is 22.0 Å². The summed E-state index contributed by atoms with van der Waals surface area (Å²) in [6.07, 6.45) is 3.71. The summed E-state index contributed by atoms with van der Waals surface area (Å²) in [4.78, 5) is 7.12. The summed E-state index contributed by atoms with van der Waals surface area (Å²) in [6, 6.07) is 13.0. The number of anilines is 1. The number of nitrogens with zero attached hydrogens (tertiary/aromatic N) is 4. The van der Waals surface area contributed by atoms with E-state index >= 15 is 0 Å². The van der Waals surface area contributed by atoms with Crippen LogP contribution in [0.1, 0.15) is 17.2 Å². The number of halogens is 2. The van der Waals surface area contributed by atoms with Crippen molar-refractivity contribution in [1.82, 2.24) is 14.8 Å². The Morgan fingerprint density at radius 2 is 2.03 bits per heavy atom. The molecule has 7 heteroatoms. The van der Waals surface area contributed by atoms with Crippen LogP contribution < -0.4 is 4.90 Å². The third-order valence-corrected chi connectivity index (χ3v) is 5.88. The third-order valence-electron chi connectivity index (χ3n) is 5.65. The molecule has 0 N–H and O–H groups in total. The first-order valence-corrected chi connectivity index (χ1v) is 10.6. The van der Waals surface area contributed by atoms with Gasteiger partial charge >= 0.3 is 0 Å². The van der Waals surface area contributed by atoms with Gasteiger partial charge in [-0.25, -0.2) is 9.37 Å². The Balaban J connectivity index is 1.60. The van der Waals surface area contributed by atoms with Gasteiger partial charge in [-0.1, -0.05) is 29.3 Å². The summed E-state index contributed by atoms with van der Waals surface area (Å²) in [7, 11) is 1.89. The topological polar surface area (TPSA) is 43.2 Å². The lowest BCUT2D eigenvalue weighted by molar-refractivity contribution is 0.0395. The van der Waals surface area contributed by atoms with E-state index in [1.807, 2.05) is 32.4 Å². The van der Waals surface area contributed by atoms with E-state index in [0.717, 1.165) is 27.7 Å². The Labute approximate surface area is 185 Å². The van der Waals surface area contributed by atoms with Crippen molar-refractivity contribution in [3.63, 3.8) is 0 Å². The van der Waals surface area contributed by atoms with Crippen LogP contribution in [0.5, 0.6) is 0 Å². The fourth-order valence-corrected chi connectivity index (χ4v) is 4.22. The lowest BCUT2D eigenvalue weighted by Gasteiger charge is -2.33. The highest BCUT2D eigenvalue weighted by atomic mass is 35.5. The molecule has 0 unspecified atom stereocenters. The smallest absolute Gasteiger partial charge is 0.134 e. The number of morpholine rings is 1. The molecule has 1 fully saturated rings. The molecular formula is C24H22ClFN4O. The van der Waals surface area contributed by atoms with Gasteiger partial charge in [0.15, 0.2) is 0 Å². The number of benzene rings is 2. The van der Waals surface area contributed by atoms with Crippen molar-refractivity contribution in [3.05, 3.63) is 76.8 Å². The van der Waals surface area contributed by atoms with Crippen LogP contribution in [0.15, 0.2) is 54.9 Å². The second kappa shape index (κ2) is 7.94. The summed E-state index contributed by atoms with van der Waals surface area (Å²) in [5.41, 5.74) is 3.20. The minimum absolute atomic E-state index is 0.0892. The number of hydrogen-bond donors (Lipinski definition) is 0. The van der Waals surface area contributed by atoms with Crippen molar-refractivity contribution in [1.29, 1.82) is 0 Å². The first-order valence-electron chi connectivity index (χ1n) is 10.2. The van der Waals surface area contributed by atoms with Crippen molar-refractivity contribution in [2.75, 3.05) is 24.6 Å². The lowest BCUT2D eigenvalue weighted by Crippen LogP contribution is -2.38. The molecule has 1 atom stereocenters. The molecule has 2 aromatic carbocycles. The molecule has 5 rings (SSSR count). The second-order valence-electron chi connectivity index (χ2n) is 7.93. The zero-order chi connectivity index (χ0) is 21.5. The standard InChI is InChI=1S/C24H22ClFN4O/c1-15-3-4-16-10-23(30-7-8-31-22(14-30)17-12-27-29(2)13-17)28-24(20(16)9-15)19-6-5-18(25)11-21(19)26/h3-6,9-13,22H,7-8,14H2,1-2H3/t22-/m1/s1. The van der Waals surface area contributed by atoms with Gasteiger partial charge in [0.1, 0.15) is 17.7 Å². The highest BCUT2D eigenvalue weighted by molar-refractivity contribution is 6.30. The van der Waals surface area contributed by atoms with Gasteiger partial charge < -0.3 is 9.64 Å².